The van der Waals surface area contributed by atoms with Crippen molar-refractivity contribution >= 4 is 45.3 Å². The van der Waals surface area contributed by atoms with Gasteiger partial charge in [0, 0.05) is 23.2 Å². The molecule has 2 aromatic heterocycles. The van der Waals surface area contributed by atoms with Crippen molar-refractivity contribution in [2.45, 2.75) is 0 Å². The number of halogens is 1. The molecule has 5 nitrogen and oxygen atoms in total. The van der Waals surface area contributed by atoms with E-state index >= 15 is 0 Å². The van der Waals surface area contributed by atoms with E-state index in [0.717, 1.165) is 0 Å². The second-order valence-corrected chi connectivity index (χ2v) is 5.41. The van der Waals surface area contributed by atoms with Gasteiger partial charge < -0.3 is 4.98 Å². The number of nitro benzene ring substituents is 1. The third-order valence-corrected chi connectivity index (χ3v) is 4.30. The Kier molecular flexibility index (Phi) is 3.04. The first-order chi connectivity index (χ1) is 9.59. The highest BCUT2D eigenvalue weighted by atomic mass is 35.5. The lowest BCUT2D eigenvalue weighted by Gasteiger charge is -1.98. The van der Waals surface area contributed by atoms with Crippen molar-refractivity contribution in [2.75, 3.05) is 0 Å². The molecule has 0 radical (unpaired) electrons. The van der Waals surface area contributed by atoms with Crippen LogP contribution in [0.15, 0.2) is 35.8 Å². The van der Waals surface area contributed by atoms with Crippen molar-refractivity contribution in [1.82, 2.24) is 4.98 Å². The second kappa shape index (κ2) is 4.73. The van der Waals surface area contributed by atoms with Crippen molar-refractivity contribution < 1.29 is 9.72 Å². The molecule has 1 aromatic carbocycles. The van der Waals surface area contributed by atoms with Gasteiger partial charge in [-0.1, -0.05) is 23.7 Å². The number of hydrogen-bond acceptors (Lipinski definition) is 4. The fourth-order valence-electron chi connectivity index (χ4n) is 2.06. The molecular weight excluding hydrogens is 300 g/mol. The number of nitro groups is 1. The number of non-ortho nitro benzene ring substituents is 1. The lowest BCUT2D eigenvalue weighted by Crippen LogP contribution is -1.98. The number of aromatic amines is 1. The van der Waals surface area contributed by atoms with Gasteiger partial charge >= 0.3 is 0 Å². The predicted octanol–water partition coefficient (Wildman–Crippen LogP) is 4.02. The summed E-state index contributed by atoms with van der Waals surface area (Å²) in [5.41, 5.74) is 0.667. The summed E-state index contributed by atoms with van der Waals surface area (Å²) in [4.78, 5) is 26.1. The molecule has 0 fully saturated rings. The number of hydrogen-bond donors (Lipinski definition) is 1. The van der Waals surface area contributed by atoms with Crippen molar-refractivity contribution in [2.24, 2.45) is 0 Å². The van der Waals surface area contributed by atoms with Crippen LogP contribution in [0, 0.1) is 10.1 Å². The van der Waals surface area contributed by atoms with Gasteiger partial charge in [-0.3, -0.25) is 14.9 Å². The lowest BCUT2D eigenvalue weighted by molar-refractivity contribution is -0.383. The number of rotatable bonds is 3. The number of carbonyl (C=O) groups is 1. The zero-order valence-corrected chi connectivity index (χ0v) is 11.5. The van der Waals surface area contributed by atoms with Crippen LogP contribution in [0.2, 0.25) is 5.02 Å². The van der Waals surface area contributed by atoms with Crippen LogP contribution >= 0.6 is 22.9 Å². The largest absolute Gasteiger partial charge is 0.355 e. The van der Waals surface area contributed by atoms with Crippen molar-refractivity contribution in [3.8, 4) is 0 Å². The molecule has 3 rings (SSSR count). The van der Waals surface area contributed by atoms with E-state index in [2.05, 4.69) is 4.98 Å². The van der Waals surface area contributed by atoms with E-state index in [0.29, 0.717) is 26.4 Å². The van der Waals surface area contributed by atoms with Gasteiger partial charge in [0.15, 0.2) is 0 Å². The van der Waals surface area contributed by atoms with Crippen LogP contribution in [0.25, 0.3) is 10.9 Å². The average Bonchev–Trinajstić information content (AvgIpc) is 3.03. The topological polar surface area (TPSA) is 76.0 Å². The van der Waals surface area contributed by atoms with Crippen molar-refractivity contribution in [3.63, 3.8) is 0 Å². The fraction of sp³-hybridized carbons (Fsp3) is 0. The van der Waals surface area contributed by atoms with Crippen LogP contribution in [-0.4, -0.2) is 15.7 Å². The Morgan fingerprint density at radius 1 is 1.35 bits per heavy atom. The molecule has 0 amide bonds. The van der Waals surface area contributed by atoms with E-state index in [1.54, 1.807) is 23.6 Å². The molecule has 0 saturated heterocycles. The second-order valence-electron chi connectivity index (χ2n) is 4.09. The molecule has 7 heteroatoms. The summed E-state index contributed by atoms with van der Waals surface area (Å²) < 4.78 is 0. The Labute approximate surface area is 122 Å². The molecule has 0 bridgehead atoms. The molecule has 0 aliphatic carbocycles. The molecule has 3 aromatic rings. The number of ketones is 1. The first-order valence-electron chi connectivity index (χ1n) is 5.62. The van der Waals surface area contributed by atoms with Crippen molar-refractivity contribution in [1.29, 1.82) is 0 Å². The van der Waals surface area contributed by atoms with Crippen LogP contribution in [0.1, 0.15) is 15.2 Å². The first kappa shape index (κ1) is 12.8. The summed E-state index contributed by atoms with van der Waals surface area (Å²) in [6, 6.07) is 6.27. The van der Waals surface area contributed by atoms with E-state index in [4.69, 9.17) is 11.6 Å². The molecule has 0 aliphatic heterocycles. The number of benzene rings is 1. The van der Waals surface area contributed by atoms with Gasteiger partial charge in [0.1, 0.15) is 5.52 Å². The Hall–Kier alpha value is -2.18. The zero-order valence-electron chi connectivity index (χ0n) is 9.92. The Bertz CT molecular complexity index is 837. The monoisotopic (exact) mass is 306 g/mol. The molecule has 0 aliphatic rings. The van der Waals surface area contributed by atoms with Crippen molar-refractivity contribution in [3.05, 3.63) is 61.4 Å². The van der Waals surface area contributed by atoms with E-state index in [1.807, 2.05) is 0 Å². The van der Waals surface area contributed by atoms with Gasteiger partial charge in [0.25, 0.3) is 5.69 Å². The highest BCUT2D eigenvalue weighted by molar-refractivity contribution is 7.13. The minimum absolute atomic E-state index is 0.0566. The number of carbonyl (C=O) groups excluding carboxylic acids is 1. The van der Waals surface area contributed by atoms with Gasteiger partial charge in [-0.2, -0.15) is 0 Å². The molecule has 20 heavy (non-hydrogen) atoms. The molecule has 0 atom stereocenters. The number of fused-ring (bicyclic) bond motifs is 1. The Morgan fingerprint density at radius 2 is 2.15 bits per heavy atom. The highest BCUT2D eigenvalue weighted by Gasteiger charge is 2.21. The molecule has 1 N–H and O–H groups in total. The predicted molar refractivity (Wildman–Crippen MR) is 77.7 cm³/mol. The average molecular weight is 307 g/mol. The summed E-state index contributed by atoms with van der Waals surface area (Å²) in [5, 5.41) is 13.6. The van der Waals surface area contributed by atoms with E-state index in [-0.39, 0.29) is 11.5 Å². The van der Waals surface area contributed by atoms with E-state index in [1.165, 1.54) is 23.6 Å². The van der Waals surface area contributed by atoms with Crippen LogP contribution in [0.5, 0.6) is 0 Å². The molecule has 2 heterocycles. The first-order valence-corrected chi connectivity index (χ1v) is 6.87. The van der Waals surface area contributed by atoms with E-state index < -0.39 is 4.92 Å². The number of nitrogens with zero attached hydrogens (tertiary/aromatic N) is 1. The van der Waals surface area contributed by atoms with Gasteiger partial charge in [-0.25, -0.2) is 0 Å². The summed E-state index contributed by atoms with van der Waals surface area (Å²) in [7, 11) is 0. The van der Waals surface area contributed by atoms with Crippen LogP contribution in [0.3, 0.4) is 0 Å². The maximum absolute atomic E-state index is 12.4. The zero-order chi connectivity index (χ0) is 14.3. The quantitative estimate of drug-likeness (QED) is 0.451. The highest BCUT2D eigenvalue weighted by Crippen LogP contribution is 2.31. The number of thiophene rings is 1. The smallest absolute Gasteiger partial charge is 0.293 e. The lowest BCUT2D eigenvalue weighted by atomic mass is 10.1. The fourth-order valence-corrected chi connectivity index (χ4v) is 3.15. The molecule has 0 saturated carbocycles. The maximum Gasteiger partial charge on any atom is 0.293 e. The van der Waals surface area contributed by atoms with Crippen LogP contribution in [0.4, 0.5) is 5.69 Å². The number of aromatic nitrogens is 1. The minimum Gasteiger partial charge on any atom is -0.355 e. The summed E-state index contributed by atoms with van der Waals surface area (Å²) in [6.45, 7) is 0. The third kappa shape index (κ3) is 1.90. The maximum atomic E-state index is 12.4. The van der Waals surface area contributed by atoms with Crippen LogP contribution < -0.4 is 0 Å². The van der Waals surface area contributed by atoms with Gasteiger partial charge in [0.2, 0.25) is 5.78 Å². The Morgan fingerprint density at radius 3 is 2.80 bits per heavy atom. The van der Waals surface area contributed by atoms with Crippen LogP contribution in [-0.2, 0) is 0 Å². The Balaban J connectivity index is 2.19. The summed E-state index contributed by atoms with van der Waals surface area (Å²) in [6.07, 6.45) is 1.48. The summed E-state index contributed by atoms with van der Waals surface area (Å²) in [5.74, 6) is -0.239. The molecule has 0 spiro atoms. The SMILES string of the molecule is O=C(c1sccc1Cl)c1c[nH]c2c([N+](=O)[O-])cccc12. The van der Waals surface area contributed by atoms with Gasteiger partial charge in [-0.05, 0) is 11.4 Å². The minimum atomic E-state index is -0.481. The number of para-hydroxylation sites is 1. The standard InChI is InChI=1S/C13H7ClN2O3S/c14-9-4-5-20-13(9)12(17)8-6-15-11-7(8)2-1-3-10(11)16(18)19/h1-6,15H. The van der Waals surface area contributed by atoms with Gasteiger partial charge in [-0.15, -0.1) is 11.3 Å². The normalized spacial score (nSPS) is 10.8. The third-order valence-electron chi connectivity index (χ3n) is 2.96. The van der Waals surface area contributed by atoms with E-state index in [9.17, 15) is 14.9 Å². The van der Waals surface area contributed by atoms with Gasteiger partial charge in [0.05, 0.1) is 14.8 Å². The number of H-pyrrole nitrogens is 1. The molecule has 0 unspecified atom stereocenters. The molecular formula is C13H7ClN2O3S. The molecule has 100 valence electrons. The number of nitrogens with one attached hydrogen (secondary N) is 1. The summed E-state index contributed by atoms with van der Waals surface area (Å²) >= 11 is 7.20.